The third-order valence-corrected chi connectivity index (χ3v) is 5.56. The summed E-state index contributed by atoms with van der Waals surface area (Å²) in [6, 6.07) is 14.2. The molecule has 1 aromatic heterocycles. The number of rotatable bonds is 5. The molecule has 0 saturated carbocycles. The maximum Gasteiger partial charge on any atom is 0.276 e. The van der Waals surface area contributed by atoms with E-state index in [2.05, 4.69) is 16.2 Å². The van der Waals surface area contributed by atoms with Gasteiger partial charge >= 0.3 is 0 Å². The normalized spacial score (nSPS) is 10.3. The lowest BCUT2D eigenvalue weighted by Gasteiger charge is -2.11. The molecule has 2 aromatic carbocycles. The number of methoxy groups -OCH3 is 1. The van der Waals surface area contributed by atoms with E-state index < -0.39 is 11.8 Å². The monoisotopic (exact) mass is 449 g/mol. The summed E-state index contributed by atoms with van der Waals surface area (Å²) in [5.41, 5.74) is 4.80. The van der Waals surface area contributed by atoms with Crippen LogP contribution in [0.2, 0.25) is 5.02 Å². The van der Waals surface area contributed by atoms with Gasteiger partial charge in [0.15, 0.2) is 11.7 Å². The maximum atomic E-state index is 12.5. The fourth-order valence-corrected chi connectivity index (χ4v) is 3.92. The minimum Gasteiger partial charge on any atom is -0.497 e. The highest BCUT2D eigenvalue weighted by Gasteiger charge is 2.18. The van der Waals surface area contributed by atoms with Gasteiger partial charge in [-0.15, -0.1) is 11.3 Å². The highest BCUT2D eigenvalue weighted by Crippen LogP contribution is 2.37. The van der Waals surface area contributed by atoms with E-state index in [-0.39, 0.29) is 11.7 Å². The number of carbonyl (C=O) groups is 2. The number of thiophene rings is 1. The molecule has 3 aromatic rings. The number of fused-ring (bicyclic) bond motifs is 1. The molecule has 0 fully saturated rings. The summed E-state index contributed by atoms with van der Waals surface area (Å²) in [5, 5.41) is 3.47. The minimum atomic E-state index is -0.484. The van der Waals surface area contributed by atoms with Crippen LogP contribution in [0.15, 0.2) is 48.5 Å². The number of para-hydroxylation sites is 1. The summed E-state index contributed by atoms with van der Waals surface area (Å²) in [4.78, 5) is 24.6. The first-order valence-corrected chi connectivity index (χ1v) is 9.92. The number of hydrogen-bond acceptors (Lipinski definition) is 6. The Hall–Kier alpha value is -2.88. The quantitative estimate of drug-likeness (QED) is 0.409. The van der Waals surface area contributed by atoms with E-state index in [1.54, 1.807) is 49.6 Å². The first kappa shape index (κ1) is 20.8. The van der Waals surface area contributed by atoms with Crippen molar-refractivity contribution in [3.05, 3.63) is 58.4 Å². The van der Waals surface area contributed by atoms with Crippen molar-refractivity contribution in [1.82, 2.24) is 16.2 Å². The van der Waals surface area contributed by atoms with E-state index in [1.165, 1.54) is 11.3 Å². The van der Waals surface area contributed by atoms with Crippen molar-refractivity contribution in [3.8, 4) is 11.5 Å². The lowest BCUT2D eigenvalue weighted by atomic mass is 10.2. The van der Waals surface area contributed by atoms with Gasteiger partial charge in [-0.25, -0.2) is 0 Å². The van der Waals surface area contributed by atoms with Crippen LogP contribution in [0.5, 0.6) is 11.5 Å². The maximum absolute atomic E-state index is 12.5. The van der Waals surface area contributed by atoms with Crippen molar-refractivity contribution in [3.63, 3.8) is 0 Å². The Morgan fingerprint density at radius 2 is 1.86 bits per heavy atom. The SMILES string of the molecule is COc1ccc2c(Cl)c(C(=O)NC(=S)NNC(=O)COc3ccccc3)sc2c1. The molecule has 3 rings (SSSR count). The third kappa shape index (κ3) is 5.35. The van der Waals surface area contributed by atoms with Crippen LogP contribution in [0.4, 0.5) is 0 Å². The topological polar surface area (TPSA) is 88.7 Å². The lowest BCUT2D eigenvalue weighted by molar-refractivity contribution is -0.123. The summed E-state index contributed by atoms with van der Waals surface area (Å²) in [6.45, 7) is -0.211. The molecular weight excluding hydrogens is 434 g/mol. The van der Waals surface area contributed by atoms with Crippen molar-refractivity contribution in [2.45, 2.75) is 0 Å². The number of benzene rings is 2. The summed E-state index contributed by atoms with van der Waals surface area (Å²) >= 11 is 12.6. The van der Waals surface area contributed by atoms with E-state index >= 15 is 0 Å². The van der Waals surface area contributed by atoms with Gasteiger partial charge in [-0.2, -0.15) is 0 Å². The molecule has 0 aliphatic rings. The van der Waals surface area contributed by atoms with Crippen LogP contribution in [0.25, 0.3) is 10.1 Å². The fourth-order valence-electron chi connectivity index (χ4n) is 2.34. The molecule has 0 radical (unpaired) electrons. The fraction of sp³-hybridized carbons (Fsp3) is 0.105. The molecule has 0 bridgehead atoms. The zero-order valence-electron chi connectivity index (χ0n) is 15.2. The van der Waals surface area contributed by atoms with Crippen LogP contribution in [-0.4, -0.2) is 30.6 Å². The van der Waals surface area contributed by atoms with Gasteiger partial charge in [-0.05, 0) is 42.5 Å². The summed E-state index contributed by atoms with van der Waals surface area (Å²) in [6.07, 6.45) is 0. The Balaban J connectivity index is 1.52. The Kier molecular flexibility index (Phi) is 6.86. The molecule has 2 amide bonds. The molecule has 0 aliphatic carbocycles. The van der Waals surface area contributed by atoms with E-state index in [1.807, 2.05) is 6.07 Å². The molecule has 0 aliphatic heterocycles. The van der Waals surface area contributed by atoms with Crippen LogP contribution in [0.3, 0.4) is 0 Å². The number of halogens is 1. The second-order valence-corrected chi connectivity index (χ2v) is 7.50. The number of hydrazine groups is 1. The molecule has 0 saturated heterocycles. The predicted molar refractivity (Wildman–Crippen MR) is 117 cm³/mol. The Bertz CT molecular complexity index is 1060. The third-order valence-electron chi connectivity index (χ3n) is 3.70. The minimum absolute atomic E-state index is 0.0748. The van der Waals surface area contributed by atoms with Crippen molar-refractivity contribution in [2.75, 3.05) is 13.7 Å². The lowest BCUT2D eigenvalue weighted by Crippen LogP contribution is -2.49. The summed E-state index contributed by atoms with van der Waals surface area (Å²) in [5.74, 6) is 0.287. The van der Waals surface area contributed by atoms with Gasteiger partial charge in [0.2, 0.25) is 0 Å². The van der Waals surface area contributed by atoms with E-state index in [0.717, 1.165) is 10.1 Å². The average molecular weight is 450 g/mol. The van der Waals surface area contributed by atoms with Crippen LogP contribution in [-0.2, 0) is 4.79 Å². The number of carbonyl (C=O) groups excluding carboxylic acids is 2. The van der Waals surface area contributed by atoms with Gasteiger partial charge in [0, 0.05) is 10.1 Å². The van der Waals surface area contributed by atoms with Gasteiger partial charge in [0.25, 0.3) is 11.8 Å². The zero-order valence-corrected chi connectivity index (χ0v) is 17.5. The molecule has 150 valence electrons. The number of nitrogens with one attached hydrogen (secondary N) is 3. The van der Waals surface area contributed by atoms with Crippen molar-refractivity contribution in [1.29, 1.82) is 0 Å². The summed E-state index contributed by atoms with van der Waals surface area (Å²) < 4.78 is 11.3. The van der Waals surface area contributed by atoms with Crippen molar-refractivity contribution in [2.24, 2.45) is 0 Å². The average Bonchev–Trinajstić information content (AvgIpc) is 3.07. The molecule has 1 heterocycles. The Morgan fingerprint density at radius 3 is 2.59 bits per heavy atom. The van der Waals surface area contributed by atoms with Gasteiger partial charge in [-0.3, -0.25) is 25.8 Å². The first-order chi connectivity index (χ1) is 14.0. The van der Waals surface area contributed by atoms with E-state index in [9.17, 15) is 9.59 Å². The smallest absolute Gasteiger partial charge is 0.276 e. The van der Waals surface area contributed by atoms with Gasteiger partial charge in [0.05, 0.1) is 12.1 Å². The molecule has 0 spiro atoms. The predicted octanol–water partition coefficient (Wildman–Crippen LogP) is 3.28. The van der Waals surface area contributed by atoms with Crippen LogP contribution in [0.1, 0.15) is 9.67 Å². The van der Waals surface area contributed by atoms with E-state index in [4.69, 9.17) is 33.3 Å². The molecule has 0 atom stereocenters. The zero-order chi connectivity index (χ0) is 20.8. The Morgan fingerprint density at radius 1 is 1.10 bits per heavy atom. The Labute approximate surface area is 180 Å². The second-order valence-electron chi connectivity index (χ2n) is 5.67. The molecule has 29 heavy (non-hydrogen) atoms. The standard InChI is InChI=1S/C19H16ClN3O4S2/c1-26-12-7-8-13-14(9-12)29-17(16(13)20)18(25)21-19(28)23-22-15(24)10-27-11-5-3-2-4-6-11/h2-9H,10H2,1H3,(H,22,24)(H2,21,23,25,28). The van der Waals surface area contributed by atoms with Gasteiger partial charge < -0.3 is 9.47 Å². The van der Waals surface area contributed by atoms with Gasteiger partial charge in [-0.1, -0.05) is 29.8 Å². The molecule has 7 nitrogen and oxygen atoms in total. The van der Waals surface area contributed by atoms with Crippen molar-refractivity contribution >= 4 is 62.2 Å². The second kappa shape index (κ2) is 9.55. The first-order valence-electron chi connectivity index (χ1n) is 8.32. The number of amides is 2. The number of hydrogen-bond donors (Lipinski definition) is 3. The number of ether oxygens (including phenoxy) is 2. The highest BCUT2D eigenvalue weighted by molar-refractivity contribution is 7.80. The molecule has 10 heteroatoms. The van der Waals surface area contributed by atoms with Crippen LogP contribution in [0, 0.1) is 0 Å². The largest absolute Gasteiger partial charge is 0.497 e. The molecule has 3 N–H and O–H groups in total. The van der Waals surface area contributed by atoms with Crippen molar-refractivity contribution < 1.29 is 19.1 Å². The van der Waals surface area contributed by atoms with Gasteiger partial charge in [0.1, 0.15) is 16.4 Å². The summed E-state index contributed by atoms with van der Waals surface area (Å²) in [7, 11) is 1.56. The highest BCUT2D eigenvalue weighted by atomic mass is 35.5. The van der Waals surface area contributed by atoms with Crippen LogP contribution < -0.4 is 25.6 Å². The van der Waals surface area contributed by atoms with Crippen LogP contribution >= 0.6 is 35.2 Å². The van der Waals surface area contributed by atoms with E-state index in [0.29, 0.717) is 21.4 Å². The molecular formula is C19H16ClN3O4S2. The number of thiocarbonyl (C=S) groups is 1. The molecule has 0 unspecified atom stereocenters.